The third-order valence-electron chi connectivity index (χ3n) is 4.33. The number of hydrogen-bond acceptors (Lipinski definition) is 3. The van der Waals surface area contributed by atoms with Gasteiger partial charge >= 0.3 is 0 Å². The van der Waals surface area contributed by atoms with Crippen LogP contribution in [0.25, 0.3) is 10.9 Å². The number of aromatic amines is 1. The molecular weight excluding hydrogens is 460 g/mol. The fraction of sp³-hybridized carbons (Fsp3) is 0.526. The van der Waals surface area contributed by atoms with Crippen molar-refractivity contribution in [3.63, 3.8) is 0 Å². The summed E-state index contributed by atoms with van der Waals surface area (Å²) in [6.45, 7) is 4.29. The predicted octanol–water partition coefficient (Wildman–Crippen LogP) is 2.60. The van der Waals surface area contributed by atoms with Crippen molar-refractivity contribution in [3.8, 4) is 0 Å². The molecule has 0 spiro atoms. The first-order valence-electron chi connectivity index (χ1n) is 9.01. The molecule has 27 heavy (non-hydrogen) atoms. The highest BCUT2D eigenvalue weighted by Gasteiger charge is 2.05. The number of ether oxygens (including phenoxy) is 1. The molecule has 0 radical (unpaired) electrons. The van der Waals surface area contributed by atoms with Gasteiger partial charge in [-0.3, -0.25) is 4.99 Å². The van der Waals surface area contributed by atoms with E-state index in [0.717, 1.165) is 68.1 Å². The summed E-state index contributed by atoms with van der Waals surface area (Å²) in [4.78, 5) is 9.67. The van der Waals surface area contributed by atoms with E-state index in [-0.39, 0.29) is 29.8 Å². The molecule has 0 bridgehead atoms. The third kappa shape index (κ3) is 8.02. The summed E-state index contributed by atoms with van der Waals surface area (Å²) in [5.41, 5.74) is 2.06. The molecule has 8 heteroatoms. The van der Waals surface area contributed by atoms with Crippen molar-refractivity contribution in [2.24, 2.45) is 4.99 Å². The van der Waals surface area contributed by atoms with E-state index >= 15 is 0 Å². The highest BCUT2D eigenvalue weighted by molar-refractivity contribution is 14.0. The molecule has 6 nitrogen and oxygen atoms in total. The molecule has 2 rings (SSSR count). The van der Waals surface area contributed by atoms with Crippen LogP contribution in [0.2, 0.25) is 0 Å². The first-order chi connectivity index (χ1) is 12.6. The molecule has 152 valence electrons. The standard InChI is InChI=1S/C19H30FN5O.HI/c1-21-19(22-8-4-10-25(2)11-12-26-3)23-9-7-15-14-24-18-6-5-16(20)13-17(15)18;/h5-6,13-14,24H,4,7-12H2,1-3H3,(H2,21,22,23);1H. The fourth-order valence-corrected chi connectivity index (χ4v) is 2.81. The fourth-order valence-electron chi connectivity index (χ4n) is 2.81. The van der Waals surface area contributed by atoms with Gasteiger partial charge in [0.2, 0.25) is 0 Å². The lowest BCUT2D eigenvalue weighted by Gasteiger charge is -2.17. The Hall–Kier alpha value is -1.39. The number of methoxy groups -OCH3 is 1. The van der Waals surface area contributed by atoms with Crippen LogP contribution in [0.5, 0.6) is 0 Å². The Morgan fingerprint density at radius 3 is 2.78 bits per heavy atom. The average molecular weight is 491 g/mol. The van der Waals surface area contributed by atoms with E-state index in [2.05, 4.69) is 32.6 Å². The maximum atomic E-state index is 13.4. The number of likely N-dealkylation sites (N-methyl/N-ethyl adjacent to an activating group) is 1. The molecule has 0 amide bonds. The van der Waals surface area contributed by atoms with E-state index in [4.69, 9.17) is 4.74 Å². The summed E-state index contributed by atoms with van der Waals surface area (Å²) in [6, 6.07) is 4.82. The molecular formula is C19H31FIN5O. The normalized spacial score (nSPS) is 11.7. The van der Waals surface area contributed by atoms with E-state index in [1.54, 1.807) is 26.3 Å². The Labute approximate surface area is 178 Å². The largest absolute Gasteiger partial charge is 0.383 e. The van der Waals surface area contributed by atoms with E-state index in [1.807, 2.05) is 6.20 Å². The lowest BCUT2D eigenvalue weighted by atomic mass is 10.1. The second-order valence-electron chi connectivity index (χ2n) is 6.33. The number of fused-ring (bicyclic) bond motifs is 1. The van der Waals surface area contributed by atoms with Crippen molar-refractivity contribution < 1.29 is 9.13 Å². The minimum atomic E-state index is -0.209. The van der Waals surface area contributed by atoms with Crippen molar-refractivity contribution in [1.82, 2.24) is 20.5 Å². The van der Waals surface area contributed by atoms with Crippen molar-refractivity contribution in [3.05, 3.63) is 35.8 Å². The highest BCUT2D eigenvalue weighted by atomic mass is 127. The molecule has 0 saturated heterocycles. The number of aromatic nitrogens is 1. The molecule has 1 heterocycles. The Bertz CT molecular complexity index is 706. The summed E-state index contributed by atoms with van der Waals surface area (Å²) in [7, 11) is 5.58. The van der Waals surface area contributed by atoms with Crippen LogP contribution in [0.4, 0.5) is 4.39 Å². The number of H-pyrrole nitrogens is 1. The topological polar surface area (TPSA) is 64.7 Å². The first-order valence-corrected chi connectivity index (χ1v) is 9.01. The van der Waals surface area contributed by atoms with Gasteiger partial charge in [-0.2, -0.15) is 0 Å². The number of nitrogens with one attached hydrogen (secondary N) is 3. The Kier molecular flexibility index (Phi) is 11.3. The molecule has 0 saturated carbocycles. The monoisotopic (exact) mass is 491 g/mol. The molecule has 2 aromatic rings. The van der Waals surface area contributed by atoms with E-state index in [9.17, 15) is 4.39 Å². The van der Waals surface area contributed by atoms with Crippen molar-refractivity contribution in [2.45, 2.75) is 12.8 Å². The van der Waals surface area contributed by atoms with E-state index < -0.39 is 0 Å². The number of nitrogens with zero attached hydrogens (tertiary/aromatic N) is 2. The molecule has 0 aliphatic heterocycles. The SMILES string of the molecule is CN=C(NCCCN(C)CCOC)NCCc1c[nH]c2ccc(F)cc12.I. The first kappa shape index (κ1) is 23.6. The quantitative estimate of drug-likeness (QED) is 0.207. The van der Waals surface area contributed by atoms with Crippen LogP contribution in [0, 0.1) is 5.82 Å². The van der Waals surface area contributed by atoms with Crippen LogP contribution in [0.1, 0.15) is 12.0 Å². The number of rotatable bonds is 10. The van der Waals surface area contributed by atoms with Gasteiger partial charge in [-0.1, -0.05) is 0 Å². The maximum absolute atomic E-state index is 13.4. The van der Waals surface area contributed by atoms with Crippen LogP contribution in [0.15, 0.2) is 29.4 Å². The van der Waals surface area contributed by atoms with Gasteiger partial charge in [0.1, 0.15) is 5.82 Å². The number of halogens is 2. The molecule has 1 aromatic carbocycles. The summed E-state index contributed by atoms with van der Waals surface area (Å²) < 4.78 is 18.5. The lowest BCUT2D eigenvalue weighted by Crippen LogP contribution is -2.39. The molecule has 0 aliphatic carbocycles. The molecule has 0 fully saturated rings. The van der Waals surface area contributed by atoms with Crippen molar-refractivity contribution in [2.75, 3.05) is 54.0 Å². The smallest absolute Gasteiger partial charge is 0.190 e. The number of hydrogen-bond donors (Lipinski definition) is 3. The van der Waals surface area contributed by atoms with Crippen LogP contribution < -0.4 is 10.6 Å². The Balaban J connectivity index is 0.00000364. The summed E-state index contributed by atoms with van der Waals surface area (Å²) in [5.74, 6) is 0.579. The van der Waals surface area contributed by atoms with Gasteiger partial charge in [0.25, 0.3) is 0 Å². The van der Waals surface area contributed by atoms with Crippen LogP contribution >= 0.6 is 24.0 Å². The van der Waals surface area contributed by atoms with Gasteiger partial charge in [0.05, 0.1) is 6.61 Å². The summed E-state index contributed by atoms with van der Waals surface area (Å²) in [5, 5.41) is 7.57. The summed E-state index contributed by atoms with van der Waals surface area (Å²) in [6.07, 6.45) is 3.77. The molecule has 3 N–H and O–H groups in total. The minimum absolute atomic E-state index is 0. The van der Waals surface area contributed by atoms with Crippen LogP contribution in [-0.4, -0.2) is 69.8 Å². The average Bonchev–Trinajstić information content (AvgIpc) is 3.04. The maximum Gasteiger partial charge on any atom is 0.190 e. The van der Waals surface area contributed by atoms with Gasteiger partial charge in [-0.25, -0.2) is 4.39 Å². The third-order valence-corrected chi connectivity index (χ3v) is 4.33. The van der Waals surface area contributed by atoms with Crippen LogP contribution in [-0.2, 0) is 11.2 Å². The second kappa shape index (κ2) is 12.9. The van der Waals surface area contributed by atoms with Gasteiger partial charge in [-0.15, -0.1) is 24.0 Å². The zero-order valence-corrected chi connectivity index (χ0v) is 18.7. The molecule has 1 aromatic heterocycles. The zero-order chi connectivity index (χ0) is 18.8. The molecule has 0 atom stereocenters. The Morgan fingerprint density at radius 1 is 1.26 bits per heavy atom. The van der Waals surface area contributed by atoms with Crippen molar-refractivity contribution in [1.29, 1.82) is 0 Å². The Morgan fingerprint density at radius 2 is 2.04 bits per heavy atom. The molecule has 0 unspecified atom stereocenters. The van der Waals surface area contributed by atoms with Crippen molar-refractivity contribution >= 4 is 40.8 Å². The summed E-state index contributed by atoms with van der Waals surface area (Å²) >= 11 is 0. The van der Waals surface area contributed by atoms with Gasteiger partial charge < -0.3 is 25.3 Å². The van der Waals surface area contributed by atoms with E-state index in [0.29, 0.717) is 0 Å². The number of benzene rings is 1. The van der Waals surface area contributed by atoms with E-state index in [1.165, 1.54) is 6.07 Å². The van der Waals surface area contributed by atoms with Gasteiger partial charge in [-0.05, 0) is 50.2 Å². The van der Waals surface area contributed by atoms with Gasteiger partial charge in [0, 0.05) is 50.9 Å². The number of aliphatic imine (C=N–C) groups is 1. The number of guanidine groups is 1. The highest BCUT2D eigenvalue weighted by Crippen LogP contribution is 2.19. The molecule has 0 aliphatic rings. The minimum Gasteiger partial charge on any atom is -0.383 e. The van der Waals surface area contributed by atoms with Crippen LogP contribution in [0.3, 0.4) is 0 Å². The lowest BCUT2D eigenvalue weighted by molar-refractivity contribution is 0.161. The predicted molar refractivity (Wildman–Crippen MR) is 121 cm³/mol. The second-order valence-corrected chi connectivity index (χ2v) is 6.33. The van der Waals surface area contributed by atoms with Gasteiger partial charge in [0.15, 0.2) is 5.96 Å². The zero-order valence-electron chi connectivity index (χ0n) is 16.3.